The molecule has 0 saturated carbocycles. The normalized spacial score (nSPS) is 15.7. The van der Waals surface area contributed by atoms with Gasteiger partial charge >= 0.3 is 0 Å². The van der Waals surface area contributed by atoms with E-state index >= 15 is 0 Å². The SMILES string of the molecule is CCCCOc1ccc(C2=CCC(CCc3ccc(-c4ccc(C)cc4)c(F)c3F)CC2)cc1F. The summed E-state index contributed by atoms with van der Waals surface area (Å²) in [6.45, 7) is 4.56. The number of benzene rings is 3. The molecule has 4 rings (SSSR count). The molecule has 1 aliphatic rings. The van der Waals surface area contributed by atoms with Gasteiger partial charge in [0.1, 0.15) is 0 Å². The smallest absolute Gasteiger partial charge is 0.166 e. The number of rotatable bonds is 9. The van der Waals surface area contributed by atoms with Crippen LogP contribution in [-0.2, 0) is 6.42 Å². The molecule has 0 radical (unpaired) electrons. The molecular formula is C31H33F3O. The molecule has 3 aromatic carbocycles. The maximum Gasteiger partial charge on any atom is 0.166 e. The maximum absolute atomic E-state index is 14.8. The van der Waals surface area contributed by atoms with Gasteiger partial charge in [0.2, 0.25) is 0 Å². The minimum atomic E-state index is -0.777. The summed E-state index contributed by atoms with van der Waals surface area (Å²) in [7, 11) is 0. The maximum atomic E-state index is 14.8. The van der Waals surface area contributed by atoms with Crippen LogP contribution in [0.1, 0.15) is 62.1 Å². The zero-order chi connectivity index (χ0) is 24.8. The van der Waals surface area contributed by atoms with Crippen molar-refractivity contribution in [2.24, 2.45) is 5.92 Å². The molecule has 0 heterocycles. The fourth-order valence-electron chi connectivity index (χ4n) is 4.66. The lowest BCUT2D eigenvalue weighted by atomic mass is 9.83. The lowest BCUT2D eigenvalue weighted by Crippen LogP contribution is -2.08. The van der Waals surface area contributed by atoms with E-state index in [2.05, 4.69) is 13.0 Å². The van der Waals surface area contributed by atoms with E-state index in [-0.39, 0.29) is 5.82 Å². The number of halogens is 3. The van der Waals surface area contributed by atoms with Crippen LogP contribution in [0.25, 0.3) is 16.7 Å². The Morgan fingerprint density at radius 3 is 2.37 bits per heavy atom. The number of ether oxygens (including phenoxy) is 1. The third kappa shape index (κ3) is 6.17. The van der Waals surface area contributed by atoms with Crippen LogP contribution in [0.5, 0.6) is 5.75 Å². The van der Waals surface area contributed by atoms with Crippen LogP contribution in [-0.4, -0.2) is 6.61 Å². The lowest BCUT2D eigenvalue weighted by molar-refractivity contribution is 0.294. The summed E-state index contributed by atoms with van der Waals surface area (Å²) in [5.74, 6) is -1.14. The Morgan fingerprint density at radius 2 is 1.69 bits per heavy atom. The van der Waals surface area contributed by atoms with E-state index in [0.717, 1.165) is 55.2 Å². The first-order valence-electron chi connectivity index (χ1n) is 12.6. The van der Waals surface area contributed by atoms with Gasteiger partial charge in [-0.25, -0.2) is 13.2 Å². The summed E-state index contributed by atoms with van der Waals surface area (Å²) in [5.41, 5.74) is 4.51. The predicted molar refractivity (Wildman–Crippen MR) is 137 cm³/mol. The van der Waals surface area contributed by atoms with Crippen molar-refractivity contribution < 1.29 is 17.9 Å². The van der Waals surface area contributed by atoms with Crippen molar-refractivity contribution in [2.75, 3.05) is 6.61 Å². The molecule has 0 saturated heterocycles. The number of unbranched alkanes of at least 4 members (excludes halogenated alkanes) is 1. The molecule has 0 fully saturated rings. The van der Waals surface area contributed by atoms with Crippen molar-refractivity contribution in [3.05, 3.63) is 94.8 Å². The minimum Gasteiger partial charge on any atom is -0.491 e. The molecule has 0 N–H and O–H groups in total. The summed E-state index contributed by atoms with van der Waals surface area (Å²) in [6, 6.07) is 16.0. The van der Waals surface area contributed by atoms with Gasteiger partial charge in [-0.3, -0.25) is 0 Å². The Balaban J connectivity index is 1.35. The quantitative estimate of drug-likeness (QED) is 0.279. The molecule has 0 aliphatic heterocycles. The Labute approximate surface area is 206 Å². The van der Waals surface area contributed by atoms with Gasteiger partial charge in [0.15, 0.2) is 23.2 Å². The zero-order valence-electron chi connectivity index (χ0n) is 20.5. The van der Waals surface area contributed by atoms with Crippen molar-refractivity contribution in [1.29, 1.82) is 0 Å². The van der Waals surface area contributed by atoms with E-state index in [4.69, 9.17) is 4.74 Å². The number of hydrogen-bond acceptors (Lipinski definition) is 1. The summed E-state index contributed by atoms with van der Waals surface area (Å²) >= 11 is 0. The van der Waals surface area contributed by atoms with E-state index in [9.17, 15) is 13.2 Å². The average Bonchev–Trinajstić information content (AvgIpc) is 2.87. The van der Waals surface area contributed by atoms with Crippen LogP contribution in [0.2, 0.25) is 0 Å². The standard InChI is InChI=1S/C31H33F3O/c1-3-4-19-35-29-18-16-26(20-28(29)32)23-12-7-22(8-13-23)9-14-25-15-17-27(31(34)30(25)33)24-10-5-21(2)6-11-24/h5-6,10-12,15-18,20,22H,3-4,7-9,13-14,19H2,1-2H3. The van der Waals surface area contributed by atoms with Gasteiger partial charge in [0, 0.05) is 5.56 Å². The monoisotopic (exact) mass is 478 g/mol. The van der Waals surface area contributed by atoms with Crippen molar-refractivity contribution in [1.82, 2.24) is 0 Å². The average molecular weight is 479 g/mol. The van der Waals surface area contributed by atoms with Gasteiger partial charge in [-0.1, -0.05) is 67.4 Å². The molecule has 0 aromatic heterocycles. The minimum absolute atomic E-state index is 0.297. The first-order chi connectivity index (χ1) is 17.0. The molecule has 1 unspecified atom stereocenters. The van der Waals surface area contributed by atoms with Gasteiger partial charge in [-0.05, 0) is 85.8 Å². The van der Waals surface area contributed by atoms with Crippen molar-refractivity contribution in [2.45, 2.75) is 58.8 Å². The number of hydrogen-bond donors (Lipinski definition) is 0. The van der Waals surface area contributed by atoms with E-state index < -0.39 is 11.6 Å². The van der Waals surface area contributed by atoms with E-state index in [0.29, 0.717) is 41.4 Å². The number of allylic oxidation sites excluding steroid dienone is 2. The van der Waals surface area contributed by atoms with E-state index in [1.165, 1.54) is 0 Å². The lowest BCUT2D eigenvalue weighted by Gasteiger charge is -2.22. The summed E-state index contributed by atoms with van der Waals surface area (Å²) < 4.78 is 49.5. The highest BCUT2D eigenvalue weighted by Crippen LogP contribution is 2.35. The second-order valence-corrected chi connectivity index (χ2v) is 9.52. The van der Waals surface area contributed by atoms with E-state index in [1.807, 2.05) is 37.3 Å². The van der Waals surface area contributed by atoms with Crippen molar-refractivity contribution >= 4 is 5.57 Å². The van der Waals surface area contributed by atoms with Gasteiger partial charge < -0.3 is 4.74 Å². The third-order valence-electron chi connectivity index (χ3n) is 6.92. The molecule has 35 heavy (non-hydrogen) atoms. The summed E-state index contributed by atoms with van der Waals surface area (Å²) in [4.78, 5) is 0. The Kier molecular flexibility index (Phi) is 8.33. The highest BCUT2D eigenvalue weighted by atomic mass is 19.2. The molecular weight excluding hydrogens is 445 g/mol. The number of aryl methyl sites for hydroxylation is 2. The van der Waals surface area contributed by atoms with E-state index in [1.54, 1.807) is 24.3 Å². The molecule has 184 valence electrons. The highest BCUT2D eigenvalue weighted by Gasteiger charge is 2.19. The Bertz CT molecular complexity index is 1180. The van der Waals surface area contributed by atoms with Crippen LogP contribution in [0.15, 0.2) is 60.7 Å². The third-order valence-corrected chi connectivity index (χ3v) is 6.92. The van der Waals surface area contributed by atoms with Crippen LogP contribution >= 0.6 is 0 Å². The first kappa shape index (κ1) is 25.1. The fourth-order valence-corrected chi connectivity index (χ4v) is 4.66. The summed E-state index contributed by atoms with van der Waals surface area (Å²) in [5, 5.41) is 0. The molecule has 1 aliphatic carbocycles. The highest BCUT2D eigenvalue weighted by molar-refractivity contribution is 5.67. The van der Waals surface area contributed by atoms with Crippen LogP contribution in [0.4, 0.5) is 13.2 Å². The molecule has 4 heteroatoms. The largest absolute Gasteiger partial charge is 0.491 e. The van der Waals surface area contributed by atoms with Crippen LogP contribution in [0, 0.1) is 30.3 Å². The zero-order valence-corrected chi connectivity index (χ0v) is 20.5. The summed E-state index contributed by atoms with van der Waals surface area (Å²) in [6.07, 6.45) is 8.04. The Hall–Kier alpha value is -3.01. The molecule has 0 spiro atoms. The predicted octanol–water partition coefficient (Wildman–Crippen LogP) is 9.07. The van der Waals surface area contributed by atoms with Crippen molar-refractivity contribution in [3.8, 4) is 16.9 Å². The Morgan fingerprint density at radius 1 is 0.914 bits per heavy atom. The second kappa shape index (κ2) is 11.6. The van der Waals surface area contributed by atoms with Crippen LogP contribution < -0.4 is 4.74 Å². The molecule has 3 aromatic rings. The molecule has 1 nitrogen and oxygen atoms in total. The molecule has 0 amide bonds. The molecule has 1 atom stereocenters. The fraction of sp³-hybridized carbons (Fsp3) is 0.355. The van der Waals surface area contributed by atoms with Gasteiger partial charge in [0.25, 0.3) is 0 Å². The van der Waals surface area contributed by atoms with Gasteiger partial charge in [-0.2, -0.15) is 0 Å². The first-order valence-corrected chi connectivity index (χ1v) is 12.6. The van der Waals surface area contributed by atoms with Gasteiger partial charge in [-0.15, -0.1) is 0 Å². The second-order valence-electron chi connectivity index (χ2n) is 9.52. The van der Waals surface area contributed by atoms with Gasteiger partial charge in [0.05, 0.1) is 6.61 Å². The molecule has 0 bridgehead atoms. The van der Waals surface area contributed by atoms with Crippen molar-refractivity contribution in [3.63, 3.8) is 0 Å². The van der Waals surface area contributed by atoms with Crippen LogP contribution in [0.3, 0.4) is 0 Å². The topological polar surface area (TPSA) is 9.23 Å².